The third-order valence-electron chi connectivity index (χ3n) is 3.87. The van der Waals surface area contributed by atoms with Gasteiger partial charge in [-0.1, -0.05) is 29.8 Å². The molecule has 0 amide bonds. The third kappa shape index (κ3) is 5.16. The monoisotopic (exact) mass is 431 g/mol. The molecule has 0 unspecified atom stereocenters. The highest BCUT2D eigenvalue weighted by atomic mass is 79.9. The zero-order chi connectivity index (χ0) is 18.4. The van der Waals surface area contributed by atoms with Crippen molar-refractivity contribution in [1.82, 2.24) is 0 Å². The number of methoxy groups -OCH3 is 1. The molecule has 0 aromatic heterocycles. The zero-order valence-electron chi connectivity index (χ0n) is 14.3. The van der Waals surface area contributed by atoms with Crippen LogP contribution in [0.2, 0.25) is 5.02 Å². The van der Waals surface area contributed by atoms with Crippen molar-refractivity contribution < 1.29 is 9.47 Å². The SMILES string of the molecule is COc1ccc(NCc2ccc(OCc3cccc(Cl)c3)c(Br)c2)cc1. The number of ether oxygens (including phenoxy) is 2. The number of rotatable bonds is 7. The molecule has 3 nitrogen and oxygen atoms in total. The van der Waals surface area contributed by atoms with Crippen LogP contribution in [0, 0.1) is 0 Å². The van der Waals surface area contributed by atoms with Gasteiger partial charge in [-0.25, -0.2) is 0 Å². The molecule has 0 atom stereocenters. The number of halogens is 2. The zero-order valence-corrected chi connectivity index (χ0v) is 16.7. The minimum absolute atomic E-state index is 0.475. The number of hydrogen-bond acceptors (Lipinski definition) is 3. The van der Waals surface area contributed by atoms with Crippen LogP contribution in [0.1, 0.15) is 11.1 Å². The summed E-state index contributed by atoms with van der Waals surface area (Å²) in [4.78, 5) is 0. The Hall–Kier alpha value is -2.17. The summed E-state index contributed by atoms with van der Waals surface area (Å²) >= 11 is 9.59. The summed E-state index contributed by atoms with van der Waals surface area (Å²) in [6.07, 6.45) is 0. The highest BCUT2D eigenvalue weighted by Gasteiger charge is 2.04. The van der Waals surface area contributed by atoms with Crippen molar-refractivity contribution in [3.8, 4) is 11.5 Å². The Labute approximate surface area is 167 Å². The van der Waals surface area contributed by atoms with Crippen LogP contribution >= 0.6 is 27.5 Å². The Morgan fingerprint density at radius 2 is 1.77 bits per heavy atom. The standard InChI is InChI=1S/C21H19BrClNO2/c1-25-19-8-6-18(7-9-19)24-13-15-5-10-21(20(22)12-15)26-14-16-3-2-4-17(23)11-16/h2-12,24H,13-14H2,1H3. The lowest BCUT2D eigenvalue weighted by molar-refractivity contribution is 0.304. The molecule has 3 rings (SSSR count). The first-order chi connectivity index (χ1) is 12.6. The molecule has 0 bridgehead atoms. The Morgan fingerprint density at radius 1 is 0.962 bits per heavy atom. The van der Waals surface area contributed by atoms with E-state index < -0.39 is 0 Å². The average Bonchev–Trinajstić information content (AvgIpc) is 2.66. The highest BCUT2D eigenvalue weighted by molar-refractivity contribution is 9.10. The summed E-state index contributed by atoms with van der Waals surface area (Å²) in [5.41, 5.74) is 3.24. The van der Waals surface area contributed by atoms with Gasteiger partial charge in [-0.05, 0) is 75.6 Å². The quantitative estimate of drug-likeness (QED) is 0.475. The molecule has 134 valence electrons. The first-order valence-corrected chi connectivity index (χ1v) is 9.35. The highest BCUT2D eigenvalue weighted by Crippen LogP contribution is 2.27. The van der Waals surface area contributed by atoms with Crippen molar-refractivity contribution in [2.45, 2.75) is 13.2 Å². The molecule has 0 heterocycles. The topological polar surface area (TPSA) is 30.5 Å². The minimum Gasteiger partial charge on any atom is -0.497 e. The van der Waals surface area contributed by atoms with Gasteiger partial charge in [-0.3, -0.25) is 0 Å². The van der Waals surface area contributed by atoms with E-state index in [0.29, 0.717) is 11.6 Å². The molecule has 5 heteroatoms. The summed E-state index contributed by atoms with van der Waals surface area (Å²) in [6.45, 7) is 1.20. The summed E-state index contributed by atoms with van der Waals surface area (Å²) in [7, 11) is 1.66. The normalized spacial score (nSPS) is 10.4. The fraction of sp³-hybridized carbons (Fsp3) is 0.143. The van der Waals surface area contributed by atoms with Gasteiger partial charge in [0.15, 0.2) is 0 Å². The lowest BCUT2D eigenvalue weighted by atomic mass is 10.2. The smallest absolute Gasteiger partial charge is 0.134 e. The average molecular weight is 433 g/mol. The molecule has 0 spiro atoms. The van der Waals surface area contributed by atoms with E-state index in [1.807, 2.05) is 54.6 Å². The van der Waals surface area contributed by atoms with Crippen LogP contribution in [0.25, 0.3) is 0 Å². The molecular formula is C21H19BrClNO2. The summed E-state index contributed by atoms with van der Waals surface area (Å²) in [5.74, 6) is 1.65. The first kappa shape index (κ1) is 18.6. The molecule has 1 N–H and O–H groups in total. The largest absolute Gasteiger partial charge is 0.497 e. The van der Waals surface area contributed by atoms with E-state index in [9.17, 15) is 0 Å². The van der Waals surface area contributed by atoms with Crippen LogP contribution in [-0.4, -0.2) is 7.11 Å². The second kappa shape index (κ2) is 8.97. The molecule has 3 aromatic rings. The van der Waals surface area contributed by atoms with E-state index >= 15 is 0 Å². The minimum atomic E-state index is 0.475. The van der Waals surface area contributed by atoms with Crippen LogP contribution in [-0.2, 0) is 13.2 Å². The second-order valence-electron chi connectivity index (χ2n) is 5.77. The fourth-order valence-corrected chi connectivity index (χ4v) is 3.23. The van der Waals surface area contributed by atoms with Crippen LogP contribution in [0.15, 0.2) is 71.2 Å². The van der Waals surface area contributed by atoms with Gasteiger partial charge in [-0.15, -0.1) is 0 Å². The van der Waals surface area contributed by atoms with Crippen LogP contribution in [0.5, 0.6) is 11.5 Å². The molecule has 0 aliphatic rings. The fourth-order valence-electron chi connectivity index (χ4n) is 2.47. The molecule has 26 heavy (non-hydrogen) atoms. The van der Waals surface area contributed by atoms with E-state index in [-0.39, 0.29) is 0 Å². The molecular weight excluding hydrogens is 414 g/mol. The Kier molecular flexibility index (Phi) is 6.42. The number of nitrogens with one attached hydrogen (secondary N) is 1. The van der Waals surface area contributed by atoms with E-state index in [1.165, 1.54) is 0 Å². The van der Waals surface area contributed by atoms with Gasteiger partial charge in [0.25, 0.3) is 0 Å². The molecule has 0 saturated carbocycles. The number of hydrogen-bond donors (Lipinski definition) is 1. The lowest BCUT2D eigenvalue weighted by Crippen LogP contribution is -2.00. The van der Waals surface area contributed by atoms with Crippen molar-refractivity contribution in [1.29, 1.82) is 0 Å². The maximum atomic E-state index is 6.00. The van der Waals surface area contributed by atoms with Crippen molar-refractivity contribution in [2.75, 3.05) is 12.4 Å². The first-order valence-electron chi connectivity index (χ1n) is 8.17. The Morgan fingerprint density at radius 3 is 2.46 bits per heavy atom. The van der Waals surface area contributed by atoms with Gasteiger partial charge in [0.1, 0.15) is 18.1 Å². The third-order valence-corrected chi connectivity index (χ3v) is 4.72. The number of anilines is 1. The molecule has 0 fully saturated rings. The van der Waals surface area contributed by atoms with Crippen molar-refractivity contribution in [3.63, 3.8) is 0 Å². The second-order valence-corrected chi connectivity index (χ2v) is 7.06. The van der Waals surface area contributed by atoms with Gasteiger partial charge < -0.3 is 14.8 Å². The van der Waals surface area contributed by atoms with E-state index in [2.05, 4.69) is 33.4 Å². The van der Waals surface area contributed by atoms with Crippen LogP contribution < -0.4 is 14.8 Å². The van der Waals surface area contributed by atoms with E-state index in [4.69, 9.17) is 21.1 Å². The Balaban J connectivity index is 1.58. The molecule has 0 aliphatic heterocycles. The van der Waals surface area contributed by atoms with Gasteiger partial charge in [0, 0.05) is 17.3 Å². The van der Waals surface area contributed by atoms with Crippen LogP contribution in [0.4, 0.5) is 5.69 Å². The van der Waals surface area contributed by atoms with Crippen LogP contribution in [0.3, 0.4) is 0 Å². The van der Waals surface area contributed by atoms with Gasteiger partial charge in [0.05, 0.1) is 11.6 Å². The van der Waals surface area contributed by atoms with E-state index in [1.54, 1.807) is 7.11 Å². The summed E-state index contributed by atoms with van der Waals surface area (Å²) in [5, 5.41) is 4.10. The Bertz CT molecular complexity index is 868. The predicted molar refractivity (Wildman–Crippen MR) is 110 cm³/mol. The van der Waals surface area contributed by atoms with Gasteiger partial charge >= 0.3 is 0 Å². The lowest BCUT2D eigenvalue weighted by Gasteiger charge is -2.11. The van der Waals surface area contributed by atoms with E-state index in [0.717, 1.165) is 39.3 Å². The molecule has 0 aliphatic carbocycles. The summed E-state index contributed by atoms with van der Waals surface area (Å²) < 4.78 is 12.0. The maximum absolute atomic E-state index is 6.00. The van der Waals surface area contributed by atoms with Crippen molar-refractivity contribution >= 4 is 33.2 Å². The van der Waals surface area contributed by atoms with Crippen molar-refractivity contribution in [2.24, 2.45) is 0 Å². The summed E-state index contributed by atoms with van der Waals surface area (Å²) in [6, 6.07) is 21.6. The predicted octanol–water partition coefficient (Wildman–Crippen LogP) is 6.30. The molecule has 3 aromatic carbocycles. The number of benzene rings is 3. The van der Waals surface area contributed by atoms with Gasteiger partial charge in [-0.2, -0.15) is 0 Å². The molecule has 0 saturated heterocycles. The molecule has 0 radical (unpaired) electrons. The maximum Gasteiger partial charge on any atom is 0.134 e. The van der Waals surface area contributed by atoms with Gasteiger partial charge in [0.2, 0.25) is 0 Å². The van der Waals surface area contributed by atoms with Crippen molar-refractivity contribution in [3.05, 3.63) is 87.4 Å².